The molecular weight excluding hydrogens is 339 g/mol. The highest BCUT2D eigenvalue weighted by Crippen LogP contribution is 2.29. The Morgan fingerprint density at radius 2 is 1.76 bits per heavy atom. The number of alkyl halides is 3. The topological polar surface area (TPSA) is 72.9 Å². The molecule has 0 atom stereocenters. The molecule has 0 aliphatic carbocycles. The number of nitrogens with zero attached hydrogens (tertiary/aromatic N) is 2. The van der Waals surface area contributed by atoms with Crippen LogP contribution in [0.25, 0.3) is 0 Å². The molecule has 0 aromatic heterocycles. The standard InChI is InChI=1S/C16H20F3N3O3/c17-16(18,19)13-3-1-2-12(8-13)10-21-4-6-22(7-5-21)11-14(23)20-9-15(24)25/h1-3,8H,4-7,9-11H2,(H,20,23)(H,24,25). The lowest BCUT2D eigenvalue weighted by molar-refractivity contribution is -0.138. The average Bonchev–Trinajstić information content (AvgIpc) is 2.54. The van der Waals surface area contributed by atoms with Gasteiger partial charge in [0.05, 0.1) is 12.1 Å². The van der Waals surface area contributed by atoms with Gasteiger partial charge in [-0.1, -0.05) is 18.2 Å². The zero-order valence-corrected chi connectivity index (χ0v) is 13.6. The summed E-state index contributed by atoms with van der Waals surface area (Å²) in [5.41, 5.74) is -0.0544. The van der Waals surface area contributed by atoms with Crippen LogP contribution in [0.5, 0.6) is 0 Å². The van der Waals surface area contributed by atoms with Crippen LogP contribution in [0.3, 0.4) is 0 Å². The summed E-state index contributed by atoms with van der Waals surface area (Å²) in [6, 6.07) is 5.28. The second kappa shape index (κ2) is 8.30. The number of carboxylic acid groups (broad SMARTS) is 1. The first-order valence-corrected chi connectivity index (χ1v) is 7.83. The Kier molecular flexibility index (Phi) is 6.38. The van der Waals surface area contributed by atoms with Gasteiger partial charge in [0, 0.05) is 32.7 Å². The molecule has 2 N–H and O–H groups in total. The van der Waals surface area contributed by atoms with Crippen molar-refractivity contribution in [3.05, 3.63) is 35.4 Å². The minimum absolute atomic E-state index is 0.116. The SMILES string of the molecule is O=C(O)CNC(=O)CN1CCN(Cc2cccc(C(F)(F)F)c2)CC1. The van der Waals surface area contributed by atoms with Crippen molar-refractivity contribution in [1.29, 1.82) is 0 Å². The van der Waals surface area contributed by atoms with E-state index in [9.17, 15) is 22.8 Å². The third kappa shape index (κ3) is 6.35. The van der Waals surface area contributed by atoms with Crippen molar-refractivity contribution in [3.63, 3.8) is 0 Å². The van der Waals surface area contributed by atoms with Gasteiger partial charge in [-0.3, -0.25) is 19.4 Å². The van der Waals surface area contributed by atoms with E-state index in [4.69, 9.17) is 5.11 Å². The number of carboxylic acids is 1. The summed E-state index contributed by atoms with van der Waals surface area (Å²) in [6.45, 7) is 2.58. The monoisotopic (exact) mass is 359 g/mol. The van der Waals surface area contributed by atoms with Gasteiger partial charge in [0.2, 0.25) is 5.91 Å². The Morgan fingerprint density at radius 1 is 1.12 bits per heavy atom. The Morgan fingerprint density at radius 3 is 2.36 bits per heavy atom. The van der Waals surface area contributed by atoms with Crippen molar-refractivity contribution in [2.45, 2.75) is 12.7 Å². The number of benzene rings is 1. The van der Waals surface area contributed by atoms with Gasteiger partial charge in [0.25, 0.3) is 0 Å². The summed E-state index contributed by atoms with van der Waals surface area (Å²) in [4.78, 5) is 25.9. The minimum atomic E-state index is -4.35. The van der Waals surface area contributed by atoms with Gasteiger partial charge in [-0.15, -0.1) is 0 Å². The summed E-state index contributed by atoms with van der Waals surface area (Å²) >= 11 is 0. The quantitative estimate of drug-likeness (QED) is 0.794. The molecular formula is C16H20F3N3O3. The Bertz CT molecular complexity index is 614. The highest BCUT2D eigenvalue weighted by atomic mass is 19.4. The first-order valence-electron chi connectivity index (χ1n) is 7.83. The first kappa shape index (κ1) is 19.2. The smallest absolute Gasteiger partial charge is 0.416 e. The molecule has 0 unspecified atom stereocenters. The number of carbonyl (C=O) groups excluding carboxylic acids is 1. The third-order valence-corrected chi connectivity index (χ3v) is 3.93. The van der Waals surface area contributed by atoms with E-state index in [1.165, 1.54) is 6.07 Å². The lowest BCUT2D eigenvalue weighted by atomic mass is 10.1. The van der Waals surface area contributed by atoms with Crippen LogP contribution in [0.2, 0.25) is 0 Å². The summed E-state index contributed by atoms with van der Waals surface area (Å²) < 4.78 is 38.2. The molecule has 138 valence electrons. The van der Waals surface area contributed by atoms with E-state index in [1.54, 1.807) is 6.07 Å². The molecule has 6 nitrogen and oxygen atoms in total. The molecule has 0 radical (unpaired) electrons. The van der Waals surface area contributed by atoms with E-state index in [2.05, 4.69) is 5.32 Å². The van der Waals surface area contributed by atoms with Gasteiger partial charge >= 0.3 is 12.1 Å². The number of hydrogen-bond donors (Lipinski definition) is 2. The van der Waals surface area contributed by atoms with E-state index in [0.29, 0.717) is 38.3 Å². The summed E-state index contributed by atoms with van der Waals surface area (Å²) in [5.74, 6) is -1.45. The van der Waals surface area contributed by atoms with Crippen LogP contribution in [-0.2, 0) is 22.3 Å². The van der Waals surface area contributed by atoms with Gasteiger partial charge in [0.15, 0.2) is 0 Å². The van der Waals surface area contributed by atoms with Gasteiger partial charge in [-0.25, -0.2) is 0 Å². The van der Waals surface area contributed by atoms with Crippen LogP contribution in [0.15, 0.2) is 24.3 Å². The van der Waals surface area contributed by atoms with Crippen LogP contribution in [0.1, 0.15) is 11.1 Å². The largest absolute Gasteiger partial charge is 0.480 e. The fourth-order valence-corrected chi connectivity index (χ4v) is 2.64. The lowest BCUT2D eigenvalue weighted by Gasteiger charge is -2.34. The molecule has 1 aliphatic heterocycles. The second-order valence-electron chi connectivity index (χ2n) is 5.92. The van der Waals surface area contributed by atoms with Crippen LogP contribution >= 0.6 is 0 Å². The molecule has 0 bridgehead atoms. The number of amides is 1. The molecule has 0 spiro atoms. The summed E-state index contributed by atoms with van der Waals surface area (Å²) in [5, 5.41) is 10.8. The van der Waals surface area contributed by atoms with Gasteiger partial charge < -0.3 is 10.4 Å². The maximum absolute atomic E-state index is 12.7. The molecule has 9 heteroatoms. The molecule has 1 amide bonds. The number of carbonyl (C=O) groups is 2. The van der Waals surface area contributed by atoms with Crippen LogP contribution < -0.4 is 5.32 Å². The van der Waals surface area contributed by atoms with Crippen molar-refractivity contribution in [2.75, 3.05) is 39.3 Å². The predicted molar refractivity (Wildman–Crippen MR) is 83.8 cm³/mol. The van der Waals surface area contributed by atoms with E-state index < -0.39 is 24.3 Å². The molecule has 1 aliphatic rings. The summed E-state index contributed by atoms with van der Waals surface area (Å²) in [7, 11) is 0. The van der Waals surface area contributed by atoms with Crippen molar-refractivity contribution >= 4 is 11.9 Å². The second-order valence-corrected chi connectivity index (χ2v) is 5.92. The van der Waals surface area contributed by atoms with E-state index >= 15 is 0 Å². The van der Waals surface area contributed by atoms with Crippen molar-refractivity contribution in [3.8, 4) is 0 Å². The Hall–Kier alpha value is -2.13. The molecule has 1 saturated heterocycles. The van der Waals surface area contributed by atoms with Gasteiger partial charge in [0.1, 0.15) is 6.54 Å². The maximum Gasteiger partial charge on any atom is 0.416 e. The van der Waals surface area contributed by atoms with Crippen LogP contribution in [0, 0.1) is 0 Å². The molecule has 2 rings (SSSR count). The fourth-order valence-electron chi connectivity index (χ4n) is 2.64. The highest BCUT2D eigenvalue weighted by Gasteiger charge is 2.30. The number of rotatable bonds is 6. The molecule has 25 heavy (non-hydrogen) atoms. The van der Waals surface area contributed by atoms with Crippen molar-refractivity contribution < 1.29 is 27.9 Å². The van der Waals surface area contributed by atoms with Gasteiger partial charge in [-0.2, -0.15) is 13.2 Å². The molecule has 1 aromatic rings. The van der Waals surface area contributed by atoms with Gasteiger partial charge in [-0.05, 0) is 11.6 Å². The third-order valence-electron chi connectivity index (χ3n) is 3.93. The zero-order chi connectivity index (χ0) is 18.4. The predicted octanol–water partition coefficient (Wildman–Crippen LogP) is 1.02. The van der Waals surface area contributed by atoms with Crippen LogP contribution in [0.4, 0.5) is 13.2 Å². The minimum Gasteiger partial charge on any atom is -0.480 e. The number of aliphatic carboxylic acids is 1. The number of piperazine rings is 1. The fraction of sp³-hybridized carbons (Fsp3) is 0.500. The van der Waals surface area contributed by atoms with Crippen LogP contribution in [-0.4, -0.2) is 66.1 Å². The van der Waals surface area contributed by atoms with Crippen molar-refractivity contribution in [2.24, 2.45) is 0 Å². The Balaban J connectivity index is 1.79. The highest BCUT2D eigenvalue weighted by molar-refractivity contribution is 5.82. The summed E-state index contributed by atoms with van der Waals surface area (Å²) in [6.07, 6.45) is -4.35. The zero-order valence-electron chi connectivity index (χ0n) is 13.6. The normalized spacial score (nSPS) is 16.6. The van der Waals surface area contributed by atoms with E-state index in [-0.39, 0.29) is 12.5 Å². The van der Waals surface area contributed by atoms with E-state index in [0.717, 1.165) is 12.1 Å². The molecule has 0 saturated carbocycles. The molecule has 1 aromatic carbocycles. The lowest BCUT2D eigenvalue weighted by Crippen LogP contribution is -2.49. The number of hydrogen-bond acceptors (Lipinski definition) is 4. The number of nitrogens with one attached hydrogen (secondary N) is 1. The van der Waals surface area contributed by atoms with E-state index in [1.807, 2.05) is 9.80 Å². The average molecular weight is 359 g/mol. The first-order chi connectivity index (χ1) is 11.7. The Labute approximate surface area is 143 Å². The molecule has 1 heterocycles. The maximum atomic E-state index is 12.7. The van der Waals surface area contributed by atoms with Crippen molar-refractivity contribution in [1.82, 2.24) is 15.1 Å². The number of halogens is 3. The molecule has 1 fully saturated rings.